The van der Waals surface area contributed by atoms with Gasteiger partial charge in [-0.15, -0.1) is 0 Å². The van der Waals surface area contributed by atoms with Crippen LogP contribution in [0.25, 0.3) is 22.4 Å². The van der Waals surface area contributed by atoms with Crippen molar-refractivity contribution in [3.63, 3.8) is 0 Å². The molecule has 3 aromatic rings. The molecule has 0 unspecified atom stereocenters. The fourth-order valence-corrected chi connectivity index (χ4v) is 5.25. The van der Waals surface area contributed by atoms with E-state index in [-0.39, 0.29) is 23.5 Å². The highest BCUT2D eigenvalue weighted by Gasteiger charge is 2.46. The summed E-state index contributed by atoms with van der Waals surface area (Å²) in [6.07, 6.45) is 7.73. The maximum absolute atomic E-state index is 14.4. The number of rotatable bonds is 5. The summed E-state index contributed by atoms with van der Waals surface area (Å²) >= 11 is 0. The lowest BCUT2D eigenvalue weighted by molar-refractivity contribution is -0.151. The van der Waals surface area contributed by atoms with E-state index in [0.717, 1.165) is 38.1 Å². The second kappa shape index (κ2) is 7.30. The van der Waals surface area contributed by atoms with E-state index in [0.29, 0.717) is 29.1 Å². The van der Waals surface area contributed by atoms with Crippen LogP contribution < -0.4 is 5.32 Å². The van der Waals surface area contributed by atoms with Crippen molar-refractivity contribution in [2.24, 2.45) is 23.7 Å². The number of carboxylic acids is 1. The van der Waals surface area contributed by atoms with Crippen molar-refractivity contribution in [3.05, 3.63) is 36.3 Å². The van der Waals surface area contributed by atoms with Crippen LogP contribution in [0.3, 0.4) is 0 Å². The van der Waals surface area contributed by atoms with Crippen LogP contribution in [0.5, 0.6) is 0 Å². The van der Waals surface area contributed by atoms with E-state index in [1.807, 2.05) is 0 Å². The lowest BCUT2D eigenvalue weighted by Crippen LogP contribution is -2.46. The SMILES string of the molecule is O=C(O)[C@H]1C2CCC(CC2)[C@@H]1CNc1nc(-c2c[nH]c3ncc(F)cc23)ncc1F. The van der Waals surface area contributed by atoms with Gasteiger partial charge in [0.25, 0.3) is 0 Å². The Morgan fingerprint density at radius 2 is 1.93 bits per heavy atom. The number of carbonyl (C=O) groups is 1. The largest absolute Gasteiger partial charge is 0.481 e. The van der Waals surface area contributed by atoms with E-state index in [9.17, 15) is 18.7 Å². The van der Waals surface area contributed by atoms with Gasteiger partial charge < -0.3 is 15.4 Å². The van der Waals surface area contributed by atoms with Gasteiger partial charge in [0.15, 0.2) is 17.5 Å². The maximum Gasteiger partial charge on any atom is 0.307 e. The minimum atomic E-state index is -0.770. The molecule has 3 aliphatic rings. The second-order valence-corrected chi connectivity index (χ2v) is 8.23. The van der Waals surface area contributed by atoms with Crippen molar-refractivity contribution < 1.29 is 18.7 Å². The number of carboxylic acid groups (broad SMARTS) is 1. The molecule has 7 nitrogen and oxygen atoms in total. The molecule has 0 radical (unpaired) electrons. The molecule has 9 heteroatoms. The van der Waals surface area contributed by atoms with Gasteiger partial charge in [-0.1, -0.05) is 0 Å². The second-order valence-electron chi connectivity index (χ2n) is 8.23. The van der Waals surface area contributed by atoms with Crippen molar-refractivity contribution >= 4 is 22.8 Å². The molecule has 0 aromatic carbocycles. The third-order valence-electron chi connectivity index (χ3n) is 6.66. The van der Waals surface area contributed by atoms with Gasteiger partial charge in [0.05, 0.1) is 18.3 Å². The van der Waals surface area contributed by atoms with Crippen LogP contribution in [-0.4, -0.2) is 37.6 Å². The summed E-state index contributed by atoms with van der Waals surface area (Å²) in [5, 5.41) is 13.2. The summed E-state index contributed by atoms with van der Waals surface area (Å²) in [5.74, 6) is -1.56. The first kappa shape index (κ1) is 18.9. The molecule has 3 aromatic heterocycles. The zero-order valence-electron chi connectivity index (χ0n) is 16.1. The van der Waals surface area contributed by atoms with E-state index < -0.39 is 23.5 Å². The van der Waals surface area contributed by atoms with E-state index >= 15 is 0 Å². The maximum atomic E-state index is 14.4. The van der Waals surface area contributed by atoms with Gasteiger partial charge >= 0.3 is 5.97 Å². The fraction of sp³-hybridized carbons (Fsp3) is 0.429. The highest BCUT2D eigenvalue weighted by molar-refractivity contribution is 5.91. The smallest absolute Gasteiger partial charge is 0.307 e. The lowest BCUT2D eigenvalue weighted by Gasteiger charge is -2.46. The Labute approximate surface area is 171 Å². The predicted octanol–water partition coefficient (Wildman–Crippen LogP) is 3.85. The molecular weight excluding hydrogens is 392 g/mol. The van der Waals surface area contributed by atoms with Crippen molar-refractivity contribution in [1.82, 2.24) is 19.9 Å². The Kier molecular flexibility index (Phi) is 4.60. The minimum Gasteiger partial charge on any atom is -0.481 e. The molecule has 0 saturated heterocycles. The van der Waals surface area contributed by atoms with Gasteiger partial charge in [-0.2, -0.15) is 0 Å². The molecule has 3 heterocycles. The van der Waals surface area contributed by atoms with Crippen LogP contribution in [0, 0.1) is 35.3 Å². The van der Waals surface area contributed by atoms with Crippen molar-refractivity contribution in [3.8, 4) is 11.4 Å². The zero-order chi connectivity index (χ0) is 20.8. The normalized spacial score (nSPS) is 25.5. The number of hydrogen-bond acceptors (Lipinski definition) is 5. The molecule has 0 amide bonds. The Bertz CT molecular complexity index is 1110. The van der Waals surface area contributed by atoms with E-state index in [1.165, 1.54) is 6.07 Å². The molecule has 3 fully saturated rings. The minimum absolute atomic E-state index is 0.0179. The number of fused-ring (bicyclic) bond motifs is 4. The first-order chi connectivity index (χ1) is 14.5. The highest BCUT2D eigenvalue weighted by Crippen LogP contribution is 2.49. The number of pyridine rings is 1. The van der Waals surface area contributed by atoms with Crippen LogP contribution in [0.15, 0.2) is 24.7 Å². The molecule has 6 rings (SSSR count). The van der Waals surface area contributed by atoms with Crippen molar-refractivity contribution in [1.29, 1.82) is 0 Å². The van der Waals surface area contributed by atoms with E-state index in [4.69, 9.17) is 0 Å². The summed E-state index contributed by atoms with van der Waals surface area (Å²) in [6, 6.07) is 1.32. The molecule has 0 spiro atoms. The molecular formula is C21H21F2N5O2. The highest BCUT2D eigenvalue weighted by atomic mass is 19.1. The van der Waals surface area contributed by atoms with Gasteiger partial charge in [-0.3, -0.25) is 4.79 Å². The molecule has 3 aliphatic carbocycles. The van der Waals surface area contributed by atoms with Gasteiger partial charge in [-0.25, -0.2) is 23.7 Å². The summed E-state index contributed by atoms with van der Waals surface area (Å²) in [4.78, 5) is 27.1. The molecule has 2 bridgehead atoms. The number of H-pyrrole nitrogens is 1. The van der Waals surface area contributed by atoms with Gasteiger partial charge in [0, 0.05) is 23.7 Å². The Morgan fingerprint density at radius 3 is 2.70 bits per heavy atom. The number of aromatic nitrogens is 4. The molecule has 156 valence electrons. The van der Waals surface area contributed by atoms with Crippen LogP contribution in [0.1, 0.15) is 25.7 Å². The van der Waals surface area contributed by atoms with Gasteiger partial charge in [0.1, 0.15) is 11.5 Å². The van der Waals surface area contributed by atoms with Crippen LogP contribution in [-0.2, 0) is 4.79 Å². The van der Waals surface area contributed by atoms with Gasteiger partial charge in [-0.05, 0) is 49.5 Å². The molecule has 30 heavy (non-hydrogen) atoms. The fourth-order valence-electron chi connectivity index (χ4n) is 5.25. The Hall–Kier alpha value is -3.10. The number of nitrogens with zero attached hydrogens (tertiary/aromatic N) is 3. The predicted molar refractivity (Wildman–Crippen MR) is 106 cm³/mol. The number of hydrogen-bond donors (Lipinski definition) is 3. The lowest BCUT2D eigenvalue weighted by atomic mass is 9.58. The average Bonchev–Trinajstić information content (AvgIpc) is 3.16. The monoisotopic (exact) mass is 413 g/mol. The van der Waals surface area contributed by atoms with E-state index in [2.05, 4.69) is 25.3 Å². The van der Waals surface area contributed by atoms with Crippen molar-refractivity contribution in [2.45, 2.75) is 25.7 Å². The van der Waals surface area contributed by atoms with Crippen LogP contribution >= 0.6 is 0 Å². The average molecular weight is 413 g/mol. The summed E-state index contributed by atoms with van der Waals surface area (Å²) in [7, 11) is 0. The van der Waals surface area contributed by atoms with Gasteiger partial charge in [0.2, 0.25) is 0 Å². The molecule has 0 aliphatic heterocycles. The third kappa shape index (κ3) is 3.18. The first-order valence-corrected chi connectivity index (χ1v) is 10.1. The first-order valence-electron chi connectivity index (χ1n) is 10.1. The Morgan fingerprint density at radius 1 is 1.17 bits per heavy atom. The third-order valence-corrected chi connectivity index (χ3v) is 6.66. The number of nitrogens with one attached hydrogen (secondary N) is 2. The van der Waals surface area contributed by atoms with Crippen LogP contribution in [0.4, 0.5) is 14.6 Å². The van der Waals surface area contributed by atoms with Crippen LogP contribution in [0.2, 0.25) is 0 Å². The number of anilines is 1. The van der Waals surface area contributed by atoms with E-state index in [1.54, 1.807) is 6.20 Å². The molecule has 3 N–H and O–H groups in total. The van der Waals surface area contributed by atoms with Crippen molar-refractivity contribution in [2.75, 3.05) is 11.9 Å². The standard InChI is InChI=1S/C21H21F2N5O2/c22-12-5-13-15(8-25-18(13)24-6-12)19-27-9-16(23)20(28-19)26-7-14-10-1-3-11(4-2-10)17(14)21(29)30/h5-6,8-11,14,17H,1-4,7H2,(H,24,25)(H,29,30)(H,26,27,28)/t10?,11?,14-,17-/m0/s1. The number of halogens is 2. The molecule has 3 saturated carbocycles. The summed E-state index contributed by atoms with van der Waals surface area (Å²) in [6.45, 7) is 0.343. The number of aliphatic carboxylic acids is 1. The zero-order valence-corrected chi connectivity index (χ0v) is 16.1. The molecule has 2 atom stereocenters. The summed E-state index contributed by atoms with van der Waals surface area (Å²) < 4.78 is 28.0. The number of aromatic amines is 1. The quantitative estimate of drug-likeness (QED) is 0.587. The topological polar surface area (TPSA) is 104 Å². The Balaban J connectivity index is 1.41. The summed E-state index contributed by atoms with van der Waals surface area (Å²) in [5.41, 5.74) is 0.997.